The van der Waals surface area contributed by atoms with Gasteiger partial charge < -0.3 is 19.4 Å². The summed E-state index contributed by atoms with van der Waals surface area (Å²) in [6.45, 7) is 6.39. The molecule has 1 N–H and O–H groups in total. The van der Waals surface area contributed by atoms with E-state index in [-0.39, 0.29) is 11.4 Å². The Balaban J connectivity index is 1.63. The van der Waals surface area contributed by atoms with Gasteiger partial charge in [-0.15, -0.1) is 0 Å². The second kappa shape index (κ2) is 6.59. The summed E-state index contributed by atoms with van der Waals surface area (Å²) in [5, 5.41) is 4.40. The molecule has 2 aliphatic heterocycles. The van der Waals surface area contributed by atoms with Crippen molar-refractivity contribution in [3.63, 3.8) is 0 Å². The number of hydrogen-bond acceptors (Lipinski definition) is 5. The van der Waals surface area contributed by atoms with Gasteiger partial charge in [0.25, 0.3) is 5.91 Å². The summed E-state index contributed by atoms with van der Waals surface area (Å²) in [5.41, 5.74) is 1.70. The van der Waals surface area contributed by atoms with Crippen LogP contribution in [0.4, 0.5) is 0 Å². The summed E-state index contributed by atoms with van der Waals surface area (Å²) >= 11 is 0. The van der Waals surface area contributed by atoms with E-state index in [1.54, 1.807) is 7.11 Å². The highest BCUT2D eigenvalue weighted by molar-refractivity contribution is 5.99. The van der Waals surface area contributed by atoms with Crippen LogP contribution in [0.5, 0.6) is 5.75 Å². The molecule has 1 aromatic carbocycles. The van der Waals surface area contributed by atoms with Crippen molar-refractivity contribution in [2.75, 3.05) is 46.9 Å². The number of amides is 1. The summed E-state index contributed by atoms with van der Waals surface area (Å²) in [6.07, 6.45) is 2.15. The molecule has 6 heteroatoms. The summed E-state index contributed by atoms with van der Waals surface area (Å²) in [5.74, 6) is 1.20. The van der Waals surface area contributed by atoms with Crippen LogP contribution in [0.1, 0.15) is 29.0 Å². The van der Waals surface area contributed by atoms with Crippen molar-refractivity contribution in [1.29, 1.82) is 0 Å². The summed E-state index contributed by atoms with van der Waals surface area (Å²) in [4.78, 5) is 17.7. The molecule has 26 heavy (non-hydrogen) atoms. The lowest BCUT2D eigenvalue weighted by molar-refractivity contribution is -0.00221. The maximum Gasteiger partial charge on any atom is 0.289 e. The number of likely N-dealkylation sites (N-methyl/N-ethyl adjacent to an activating group) is 1. The quantitative estimate of drug-likeness (QED) is 0.893. The molecule has 1 amide bonds. The van der Waals surface area contributed by atoms with Gasteiger partial charge in [0.15, 0.2) is 5.76 Å². The number of nitrogens with one attached hydrogen (secondary N) is 1. The normalized spacial score (nSPS) is 20.7. The number of furan rings is 1. The van der Waals surface area contributed by atoms with Crippen LogP contribution in [0, 0.1) is 6.92 Å². The van der Waals surface area contributed by atoms with E-state index >= 15 is 0 Å². The van der Waals surface area contributed by atoms with Crippen molar-refractivity contribution in [3.05, 3.63) is 29.5 Å². The van der Waals surface area contributed by atoms with Gasteiger partial charge in [0.05, 0.1) is 7.11 Å². The summed E-state index contributed by atoms with van der Waals surface area (Å²) < 4.78 is 11.2. The molecule has 6 nitrogen and oxygen atoms in total. The van der Waals surface area contributed by atoms with Gasteiger partial charge in [-0.3, -0.25) is 9.69 Å². The van der Waals surface area contributed by atoms with Crippen LogP contribution in [0.2, 0.25) is 0 Å². The number of ether oxygens (including phenoxy) is 1. The van der Waals surface area contributed by atoms with Crippen LogP contribution in [0.15, 0.2) is 22.6 Å². The number of benzene rings is 1. The van der Waals surface area contributed by atoms with E-state index in [0.29, 0.717) is 11.3 Å². The molecule has 3 heterocycles. The fourth-order valence-corrected chi connectivity index (χ4v) is 4.35. The second-order valence-corrected chi connectivity index (χ2v) is 7.54. The predicted molar refractivity (Wildman–Crippen MR) is 101 cm³/mol. The van der Waals surface area contributed by atoms with Gasteiger partial charge in [0.1, 0.15) is 11.3 Å². The number of methoxy groups -OCH3 is 1. The first-order valence-electron chi connectivity index (χ1n) is 9.32. The average molecular weight is 357 g/mol. The minimum Gasteiger partial charge on any atom is -0.497 e. The molecular weight excluding hydrogens is 330 g/mol. The lowest BCUT2D eigenvalue weighted by Crippen LogP contribution is -2.64. The molecule has 0 radical (unpaired) electrons. The Labute approximate surface area is 154 Å². The maximum absolute atomic E-state index is 13.2. The van der Waals surface area contributed by atoms with Crippen molar-refractivity contribution in [1.82, 2.24) is 15.1 Å². The zero-order chi connectivity index (χ0) is 18.3. The lowest BCUT2D eigenvalue weighted by atomic mass is 9.84. The van der Waals surface area contributed by atoms with E-state index in [1.165, 1.54) is 0 Å². The van der Waals surface area contributed by atoms with Gasteiger partial charge in [-0.05, 0) is 52.0 Å². The number of aryl methyl sites for hydroxylation is 1. The Morgan fingerprint density at radius 2 is 2.04 bits per heavy atom. The molecule has 0 aliphatic carbocycles. The monoisotopic (exact) mass is 357 g/mol. The number of nitrogens with zero attached hydrogens (tertiary/aromatic N) is 2. The number of carbonyl (C=O) groups excluding carboxylic acids is 1. The molecule has 1 aromatic heterocycles. The first kappa shape index (κ1) is 17.4. The van der Waals surface area contributed by atoms with E-state index in [9.17, 15) is 4.79 Å². The summed E-state index contributed by atoms with van der Waals surface area (Å²) in [6, 6.07) is 5.71. The van der Waals surface area contributed by atoms with Crippen molar-refractivity contribution < 1.29 is 13.9 Å². The smallest absolute Gasteiger partial charge is 0.289 e. The molecule has 2 fully saturated rings. The van der Waals surface area contributed by atoms with Crippen molar-refractivity contribution in [2.45, 2.75) is 25.3 Å². The van der Waals surface area contributed by atoms with E-state index in [1.807, 2.05) is 30.0 Å². The second-order valence-electron chi connectivity index (χ2n) is 7.54. The molecule has 0 saturated carbocycles. The fourth-order valence-electron chi connectivity index (χ4n) is 4.35. The Morgan fingerprint density at radius 1 is 1.27 bits per heavy atom. The SMILES string of the molecule is COc1ccc2c(C)c(C(=O)N3CCN(C)C4(CCNCC4)C3)oc2c1. The van der Waals surface area contributed by atoms with E-state index in [4.69, 9.17) is 9.15 Å². The van der Waals surface area contributed by atoms with Gasteiger partial charge in [0, 0.05) is 42.2 Å². The van der Waals surface area contributed by atoms with Crippen LogP contribution in [0.25, 0.3) is 11.0 Å². The minimum absolute atomic E-state index is 0.00340. The standard InChI is InChI=1S/C20H27N3O3/c1-14-16-5-4-15(25-3)12-17(16)26-18(14)19(24)23-11-10-22(2)20(13-23)6-8-21-9-7-20/h4-5,12,21H,6-11,13H2,1-3H3. The zero-order valence-corrected chi connectivity index (χ0v) is 15.8. The molecule has 2 saturated heterocycles. The largest absolute Gasteiger partial charge is 0.497 e. The van der Waals surface area contributed by atoms with E-state index in [0.717, 1.165) is 62.3 Å². The highest BCUT2D eigenvalue weighted by Gasteiger charge is 2.42. The Kier molecular flexibility index (Phi) is 4.40. The van der Waals surface area contributed by atoms with E-state index in [2.05, 4.69) is 17.3 Å². The molecular formula is C20H27N3O3. The first-order chi connectivity index (χ1) is 12.5. The fraction of sp³-hybridized carbons (Fsp3) is 0.550. The number of hydrogen-bond donors (Lipinski definition) is 1. The van der Waals surface area contributed by atoms with Crippen LogP contribution in [-0.2, 0) is 0 Å². The molecule has 2 aliphatic rings. The Hall–Kier alpha value is -2.05. The van der Waals surface area contributed by atoms with Crippen LogP contribution in [-0.4, -0.2) is 68.1 Å². The van der Waals surface area contributed by atoms with Gasteiger partial charge in [-0.25, -0.2) is 0 Å². The number of fused-ring (bicyclic) bond motifs is 1. The van der Waals surface area contributed by atoms with Gasteiger partial charge >= 0.3 is 0 Å². The number of carbonyl (C=O) groups is 1. The zero-order valence-electron chi connectivity index (χ0n) is 15.8. The number of rotatable bonds is 2. The van der Waals surface area contributed by atoms with Crippen LogP contribution in [0.3, 0.4) is 0 Å². The topological polar surface area (TPSA) is 58.0 Å². The highest BCUT2D eigenvalue weighted by Crippen LogP contribution is 2.33. The molecule has 140 valence electrons. The van der Waals surface area contributed by atoms with Crippen molar-refractivity contribution in [3.8, 4) is 5.75 Å². The van der Waals surface area contributed by atoms with Crippen molar-refractivity contribution >= 4 is 16.9 Å². The molecule has 1 spiro atoms. The molecule has 0 atom stereocenters. The number of piperazine rings is 1. The molecule has 0 bridgehead atoms. The van der Waals surface area contributed by atoms with E-state index < -0.39 is 0 Å². The third-order valence-electron chi connectivity index (χ3n) is 6.16. The Bertz CT molecular complexity index is 823. The Morgan fingerprint density at radius 3 is 2.77 bits per heavy atom. The minimum atomic E-state index is 0.00340. The maximum atomic E-state index is 13.2. The average Bonchev–Trinajstić information content (AvgIpc) is 3.00. The summed E-state index contributed by atoms with van der Waals surface area (Å²) in [7, 11) is 3.82. The van der Waals surface area contributed by atoms with Gasteiger partial charge in [0.2, 0.25) is 0 Å². The lowest BCUT2D eigenvalue weighted by Gasteiger charge is -2.51. The van der Waals surface area contributed by atoms with Crippen LogP contribution >= 0.6 is 0 Å². The van der Waals surface area contributed by atoms with Gasteiger partial charge in [-0.1, -0.05) is 0 Å². The predicted octanol–water partition coefficient (Wildman–Crippen LogP) is 2.26. The third kappa shape index (κ3) is 2.77. The molecule has 4 rings (SSSR count). The van der Waals surface area contributed by atoms with Gasteiger partial charge in [-0.2, -0.15) is 0 Å². The third-order valence-corrected chi connectivity index (χ3v) is 6.16. The molecule has 2 aromatic rings. The first-order valence-corrected chi connectivity index (χ1v) is 9.32. The van der Waals surface area contributed by atoms with Crippen LogP contribution < -0.4 is 10.1 Å². The highest BCUT2D eigenvalue weighted by atomic mass is 16.5. The molecule has 0 unspecified atom stereocenters. The number of piperidine rings is 1. The van der Waals surface area contributed by atoms with Crippen molar-refractivity contribution in [2.24, 2.45) is 0 Å².